The van der Waals surface area contributed by atoms with Crippen LogP contribution in [-0.2, 0) is 17.8 Å². The highest BCUT2D eigenvalue weighted by molar-refractivity contribution is 5.93. The third-order valence-electron chi connectivity index (χ3n) is 4.54. The van der Waals surface area contributed by atoms with Crippen molar-refractivity contribution in [3.8, 4) is 11.5 Å². The largest absolute Gasteiger partial charge is 0.497 e. The maximum absolute atomic E-state index is 13.0. The molecule has 1 amide bonds. The highest BCUT2D eigenvalue weighted by atomic mass is 16.5. The molecular weight excluding hydrogens is 352 g/mol. The van der Waals surface area contributed by atoms with Crippen molar-refractivity contribution in [2.24, 2.45) is 0 Å². The number of amides is 1. The molecule has 1 heterocycles. The molecule has 0 N–H and O–H groups in total. The molecule has 28 heavy (non-hydrogen) atoms. The van der Waals surface area contributed by atoms with E-state index in [0.717, 1.165) is 28.3 Å². The van der Waals surface area contributed by atoms with Gasteiger partial charge in [0.05, 0.1) is 20.8 Å². The minimum absolute atomic E-state index is 0.0600. The van der Waals surface area contributed by atoms with Gasteiger partial charge in [0.1, 0.15) is 11.5 Å². The van der Waals surface area contributed by atoms with Crippen molar-refractivity contribution in [1.82, 2.24) is 4.98 Å². The second kappa shape index (κ2) is 9.55. The van der Waals surface area contributed by atoms with Crippen molar-refractivity contribution in [1.29, 1.82) is 0 Å². The molecule has 144 valence electrons. The van der Waals surface area contributed by atoms with Crippen LogP contribution in [0.15, 0.2) is 73.1 Å². The lowest BCUT2D eigenvalue weighted by molar-refractivity contribution is -0.118. The first kappa shape index (κ1) is 19.4. The molecule has 0 radical (unpaired) electrons. The average molecular weight is 376 g/mol. The average Bonchev–Trinajstić information content (AvgIpc) is 2.77. The van der Waals surface area contributed by atoms with E-state index in [1.807, 2.05) is 60.7 Å². The van der Waals surface area contributed by atoms with Crippen molar-refractivity contribution in [2.45, 2.75) is 19.4 Å². The topological polar surface area (TPSA) is 51.7 Å². The van der Waals surface area contributed by atoms with Crippen LogP contribution in [0, 0.1) is 0 Å². The molecule has 0 aliphatic carbocycles. The number of nitrogens with zero attached hydrogens (tertiary/aromatic N) is 2. The Morgan fingerprint density at radius 1 is 0.893 bits per heavy atom. The molecule has 5 heteroatoms. The first-order valence-electron chi connectivity index (χ1n) is 9.16. The van der Waals surface area contributed by atoms with Gasteiger partial charge in [-0.25, -0.2) is 0 Å². The van der Waals surface area contributed by atoms with Gasteiger partial charge < -0.3 is 14.4 Å². The first-order chi connectivity index (χ1) is 13.7. The van der Waals surface area contributed by atoms with Crippen LogP contribution in [0.3, 0.4) is 0 Å². The second-order valence-electron chi connectivity index (χ2n) is 6.39. The van der Waals surface area contributed by atoms with Gasteiger partial charge in [0.25, 0.3) is 0 Å². The quantitative estimate of drug-likeness (QED) is 0.589. The molecule has 0 atom stereocenters. The summed E-state index contributed by atoms with van der Waals surface area (Å²) in [6, 6.07) is 19.2. The van der Waals surface area contributed by atoms with E-state index in [2.05, 4.69) is 4.98 Å². The fraction of sp³-hybridized carbons (Fsp3) is 0.217. The number of benzene rings is 2. The van der Waals surface area contributed by atoms with Gasteiger partial charge in [0, 0.05) is 24.5 Å². The second-order valence-corrected chi connectivity index (χ2v) is 6.39. The van der Waals surface area contributed by atoms with E-state index < -0.39 is 0 Å². The van der Waals surface area contributed by atoms with E-state index in [4.69, 9.17) is 9.47 Å². The number of hydrogen-bond acceptors (Lipinski definition) is 4. The monoisotopic (exact) mass is 376 g/mol. The fourth-order valence-corrected chi connectivity index (χ4v) is 2.94. The van der Waals surface area contributed by atoms with E-state index in [1.165, 1.54) is 0 Å². The number of rotatable bonds is 8. The number of hydrogen-bond donors (Lipinski definition) is 0. The van der Waals surface area contributed by atoms with Crippen LogP contribution in [-0.4, -0.2) is 25.1 Å². The molecule has 3 rings (SSSR count). The predicted molar refractivity (Wildman–Crippen MR) is 110 cm³/mol. The number of aromatic nitrogens is 1. The highest BCUT2D eigenvalue weighted by Gasteiger charge is 2.16. The van der Waals surface area contributed by atoms with E-state index in [9.17, 15) is 4.79 Å². The van der Waals surface area contributed by atoms with Gasteiger partial charge in [-0.05, 0) is 60.0 Å². The van der Waals surface area contributed by atoms with Crippen molar-refractivity contribution in [3.63, 3.8) is 0 Å². The Morgan fingerprint density at radius 2 is 1.54 bits per heavy atom. The molecule has 0 fully saturated rings. The summed E-state index contributed by atoms with van der Waals surface area (Å²) in [4.78, 5) is 19.0. The summed E-state index contributed by atoms with van der Waals surface area (Å²) in [5.41, 5.74) is 2.92. The molecule has 0 unspecified atom stereocenters. The van der Waals surface area contributed by atoms with Crippen molar-refractivity contribution < 1.29 is 14.3 Å². The molecular formula is C23H24N2O3. The molecule has 0 saturated heterocycles. The summed E-state index contributed by atoms with van der Waals surface area (Å²) in [6.45, 7) is 0.474. The Balaban J connectivity index is 1.75. The van der Waals surface area contributed by atoms with E-state index >= 15 is 0 Å². The summed E-state index contributed by atoms with van der Waals surface area (Å²) in [6.07, 6.45) is 4.60. The Hall–Kier alpha value is -3.34. The number of anilines is 1. The van der Waals surface area contributed by atoms with Gasteiger partial charge in [-0.3, -0.25) is 9.78 Å². The highest BCUT2D eigenvalue weighted by Crippen LogP contribution is 2.22. The zero-order valence-corrected chi connectivity index (χ0v) is 16.2. The smallest absolute Gasteiger partial charge is 0.227 e. The maximum atomic E-state index is 13.0. The minimum atomic E-state index is 0.0600. The van der Waals surface area contributed by atoms with Gasteiger partial charge in [0.15, 0.2) is 0 Å². The normalized spacial score (nSPS) is 10.4. The van der Waals surface area contributed by atoms with E-state index in [1.54, 1.807) is 31.5 Å². The van der Waals surface area contributed by atoms with Gasteiger partial charge >= 0.3 is 0 Å². The van der Waals surface area contributed by atoms with Crippen molar-refractivity contribution in [3.05, 3.63) is 84.2 Å². The number of pyridine rings is 1. The molecule has 0 aliphatic rings. The molecule has 0 aliphatic heterocycles. The number of carbonyl (C=O) groups excluding carboxylic acids is 1. The SMILES string of the molecule is COc1ccc(CCC(=O)N(Cc2cccnc2)c2ccc(OC)cc2)cc1. The molecule has 0 spiro atoms. The van der Waals surface area contributed by atoms with Gasteiger partial charge in [-0.2, -0.15) is 0 Å². The number of ether oxygens (including phenoxy) is 2. The third-order valence-corrected chi connectivity index (χ3v) is 4.54. The summed E-state index contributed by atoms with van der Waals surface area (Å²) in [5.74, 6) is 1.63. The molecule has 5 nitrogen and oxygen atoms in total. The van der Waals surface area contributed by atoms with Gasteiger partial charge in [0.2, 0.25) is 5.91 Å². The van der Waals surface area contributed by atoms with Crippen LogP contribution in [0.5, 0.6) is 11.5 Å². The Morgan fingerprint density at radius 3 is 2.11 bits per heavy atom. The Kier molecular flexibility index (Phi) is 6.63. The molecule has 2 aromatic carbocycles. The third kappa shape index (κ3) is 5.10. The predicted octanol–water partition coefficient (Wildman–Crippen LogP) is 4.26. The van der Waals surface area contributed by atoms with Crippen LogP contribution in [0.4, 0.5) is 5.69 Å². The summed E-state index contributed by atoms with van der Waals surface area (Å²) in [5, 5.41) is 0. The van der Waals surface area contributed by atoms with E-state index in [-0.39, 0.29) is 5.91 Å². The summed E-state index contributed by atoms with van der Waals surface area (Å²) < 4.78 is 10.4. The number of methoxy groups -OCH3 is 2. The number of carbonyl (C=O) groups is 1. The van der Waals surface area contributed by atoms with Crippen LogP contribution < -0.4 is 14.4 Å². The van der Waals surface area contributed by atoms with Gasteiger partial charge in [-0.1, -0.05) is 18.2 Å². The lowest BCUT2D eigenvalue weighted by atomic mass is 10.1. The fourth-order valence-electron chi connectivity index (χ4n) is 2.94. The Bertz CT molecular complexity index is 878. The van der Waals surface area contributed by atoms with Crippen molar-refractivity contribution >= 4 is 11.6 Å². The Labute approximate surface area is 165 Å². The van der Waals surface area contributed by atoms with Crippen LogP contribution in [0.1, 0.15) is 17.5 Å². The van der Waals surface area contributed by atoms with Crippen LogP contribution >= 0.6 is 0 Å². The van der Waals surface area contributed by atoms with Crippen LogP contribution in [0.2, 0.25) is 0 Å². The van der Waals surface area contributed by atoms with E-state index in [0.29, 0.717) is 19.4 Å². The molecule has 0 bridgehead atoms. The number of aryl methyl sites for hydroxylation is 1. The summed E-state index contributed by atoms with van der Waals surface area (Å²) >= 11 is 0. The maximum Gasteiger partial charge on any atom is 0.227 e. The summed E-state index contributed by atoms with van der Waals surface area (Å²) in [7, 11) is 3.27. The molecule has 0 saturated carbocycles. The lowest BCUT2D eigenvalue weighted by Crippen LogP contribution is -2.30. The first-order valence-corrected chi connectivity index (χ1v) is 9.16. The molecule has 3 aromatic rings. The zero-order valence-electron chi connectivity index (χ0n) is 16.2. The zero-order chi connectivity index (χ0) is 19.8. The van der Waals surface area contributed by atoms with Crippen LogP contribution in [0.25, 0.3) is 0 Å². The molecule has 1 aromatic heterocycles. The standard InChI is InChI=1S/C23H24N2O3/c1-27-21-10-5-18(6-11-21)7-14-23(26)25(17-19-4-3-15-24-16-19)20-8-12-22(28-2)13-9-20/h3-6,8-13,15-16H,7,14,17H2,1-2H3. The van der Waals surface area contributed by atoms with Gasteiger partial charge in [-0.15, -0.1) is 0 Å². The lowest BCUT2D eigenvalue weighted by Gasteiger charge is -2.23. The van der Waals surface area contributed by atoms with Crippen molar-refractivity contribution in [2.75, 3.05) is 19.1 Å². The minimum Gasteiger partial charge on any atom is -0.497 e.